The molecule has 0 atom stereocenters. The van der Waals surface area contributed by atoms with E-state index in [1.807, 2.05) is 0 Å². The zero-order valence-corrected chi connectivity index (χ0v) is 5.65. The number of hydrogen-bond donors (Lipinski definition) is 1. The van der Waals surface area contributed by atoms with E-state index in [4.69, 9.17) is 4.55 Å². The second kappa shape index (κ2) is 2.31. The smallest absolute Gasteiger partial charge is 0.267 e. The Balaban J connectivity index is 2.75. The molecule has 1 aromatic rings. The van der Waals surface area contributed by atoms with E-state index in [1.54, 1.807) is 12.1 Å². The Morgan fingerprint density at radius 2 is 1.80 bits per heavy atom. The van der Waals surface area contributed by atoms with E-state index in [9.17, 15) is 8.42 Å². The molecule has 0 amide bonds. The van der Waals surface area contributed by atoms with Gasteiger partial charge < -0.3 is 0 Å². The fourth-order valence-electron chi connectivity index (χ4n) is 0.477. The van der Waals surface area contributed by atoms with Crippen LogP contribution in [0.1, 0.15) is 0 Å². The van der Waals surface area contributed by atoms with Crippen molar-refractivity contribution in [2.24, 2.45) is 0 Å². The molecule has 0 saturated carbocycles. The van der Waals surface area contributed by atoms with Crippen LogP contribution >= 0.6 is 0 Å². The minimum atomic E-state index is -4.38. The average molecular weight is 163 g/mol. The van der Waals surface area contributed by atoms with Gasteiger partial charge in [0, 0.05) is 12.4 Å². The molecule has 1 N–H and O–H groups in total. The summed E-state index contributed by atoms with van der Waals surface area (Å²) >= 11 is 0. The molecular weight excluding hydrogens is 158 g/mol. The summed E-state index contributed by atoms with van der Waals surface area (Å²) in [5.74, 6) is 0. The van der Waals surface area contributed by atoms with Gasteiger partial charge in [-0.25, -0.2) is 0 Å². The van der Waals surface area contributed by atoms with Gasteiger partial charge in [-0.15, -0.1) is 0 Å². The molecule has 0 aliphatic heterocycles. The quantitative estimate of drug-likeness (QED) is 0.609. The molecule has 0 aliphatic rings. The van der Waals surface area contributed by atoms with Crippen LogP contribution in [0.5, 0.6) is 0 Å². The molecule has 0 spiro atoms. The molecule has 0 aliphatic carbocycles. The van der Waals surface area contributed by atoms with Crippen molar-refractivity contribution >= 4 is 10.4 Å². The Labute approximate surface area is 57.8 Å². The van der Waals surface area contributed by atoms with E-state index in [-0.39, 0.29) is 0 Å². The second-order valence-electron chi connectivity index (χ2n) is 1.55. The summed E-state index contributed by atoms with van der Waals surface area (Å²) in [4.78, 5) is 0. The molecule has 5 nitrogen and oxygen atoms in total. The first-order chi connectivity index (χ1) is 4.58. The number of aromatic nitrogens is 1. The monoisotopic (exact) mass is 163 g/mol. The molecule has 0 bridgehead atoms. The maximum absolute atomic E-state index is 10.0. The Bertz CT molecular complexity index is 287. The van der Waals surface area contributed by atoms with Gasteiger partial charge in [0.05, 0.1) is 0 Å². The average Bonchev–Trinajstić information content (AvgIpc) is 2.12. The highest BCUT2D eigenvalue weighted by Crippen LogP contribution is 1.87. The minimum absolute atomic E-state index is 0.870. The molecule has 1 aromatic heterocycles. The van der Waals surface area contributed by atoms with Gasteiger partial charge in [0.2, 0.25) is 0 Å². The van der Waals surface area contributed by atoms with E-state index >= 15 is 0 Å². The highest BCUT2D eigenvalue weighted by Gasteiger charge is 2.03. The number of nitrogens with zero attached hydrogens (tertiary/aromatic N) is 1. The van der Waals surface area contributed by atoms with Crippen molar-refractivity contribution in [3.05, 3.63) is 24.5 Å². The van der Waals surface area contributed by atoms with Crippen LogP contribution in [0.4, 0.5) is 0 Å². The van der Waals surface area contributed by atoms with Crippen LogP contribution in [0.15, 0.2) is 24.5 Å². The third-order valence-corrected chi connectivity index (χ3v) is 1.12. The first kappa shape index (κ1) is 7.10. The lowest BCUT2D eigenvalue weighted by atomic mass is 10.7. The van der Waals surface area contributed by atoms with Gasteiger partial charge >= 0.3 is 10.4 Å². The molecule has 0 saturated heterocycles. The summed E-state index contributed by atoms with van der Waals surface area (Å²) in [7, 11) is -4.38. The largest absolute Gasteiger partial charge is 0.465 e. The van der Waals surface area contributed by atoms with E-state index in [0.717, 1.165) is 4.73 Å². The predicted octanol–water partition coefficient (Wildman–Crippen LogP) is -0.281. The van der Waals surface area contributed by atoms with Crippen LogP contribution in [0.25, 0.3) is 0 Å². The van der Waals surface area contributed by atoms with Crippen molar-refractivity contribution in [1.29, 1.82) is 0 Å². The Morgan fingerprint density at radius 3 is 2.20 bits per heavy atom. The molecule has 6 heteroatoms. The molecule has 0 unspecified atom stereocenters. The summed E-state index contributed by atoms with van der Waals surface area (Å²) in [5, 5.41) is 0. The molecule has 0 radical (unpaired) electrons. The van der Waals surface area contributed by atoms with Crippen molar-refractivity contribution in [2.75, 3.05) is 0 Å². The lowest BCUT2D eigenvalue weighted by Gasteiger charge is -1.98. The fourth-order valence-corrected chi connectivity index (χ4v) is 0.794. The van der Waals surface area contributed by atoms with Crippen LogP contribution in [-0.4, -0.2) is 17.7 Å². The minimum Gasteiger partial charge on any atom is -0.267 e. The van der Waals surface area contributed by atoms with Crippen LogP contribution in [0.3, 0.4) is 0 Å². The Morgan fingerprint density at radius 1 is 1.30 bits per heavy atom. The molecule has 0 aromatic carbocycles. The zero-order valence-electron chi connectivity index (χ0n) is 4.84. The van der Waals surface area contributed by atoms with E-state index in [0.29, 0.717) is 0 Å². The van der Waals surface area contributed by atoms with Gasteiger partial charge in [-0.05, 0) is 12.1 Å². The topological polar surface area (TPSA) is 68.5 Å². The first-order valence-electron chi connectivity index (χ1n) is 2.38. The van der Waals surface area contributed by atoms with Crippen molar-refractivity contribution in [1.82, 2.24) is 4.73 Å². The Kier molecular flexibility index (Phi) is 1.64. The van der Waals surface area contributed by atoms with Crippen molar-refractivity contribution in [3.63, 3.8) is 0 Å². The van der Waals surface area contributed by atoms with Gasteiger partial charge in [0.1, 0.15) is 0 Å². The SMILES string of the molecule is O=S(=O)(O)On1cccc1. The third-order valence-electron chi connectivity index (χ3n) is 0.757. The summed E-state index contributed by atoms with van der Waals surface area (Å²) in [6.07, 6.45) is 2.68. The summed E-state index contributed by atoms with van der Waals surface area (Å²) in [6.45, 7) is 0. The van der Waals surface area contributed by atoms with E-state index in [2.05, 4.69) is 4.28 Å². The third kappa shape index (κ3) is 2.08. The zero-order chi connectivity index (χ0) is 7.61. The maximum Gasteiger partial charge on any atom is 0.465 e. The second-order valence-corrected chi connectivity index (χ2v) is 2.55. The van der Waals surface area contributed by atoms with Crippen molar-refractivity contribution in [3.8, 4) is 0 Å². The lowest BCUT2D eigenvalue weighted by molar-refractivity contribution is 0.240. The lowest BCUT2D eigenvalue weighted by Crippen LogP contribution is -2.16. The summed E-state index contributed by atoms with van der Waals surface area (Å²) in [5.41, 5.74) is 0. The van der Waals surface area contributed by atoms with Crippen LogP contribution in [-0.2, 0) is 10.4 Å². The van der Waals surface area contributed by atoms with Gasteiger partial charge in [0.15, 0.2) is 0 Å². The van der Waals surface area contributed by atoms with Crippen LogP contribution in [0.2, 0.25) is 0 Å². The van der Waals surface area contributed by atoms with Crippen molar-refractivity contribution < 1.29 is 17.3 Å². The summed E-state index contributed by atoms with van der Waals surface area (Å²) in [6, 6.07) is 3.12. The molecule has 0 fully saturated rings. The molecule has 1 rings (SSSR count). The Hall–Kier alpha value is -1.01. The molecule has 1 heterocycles. The molecular formula is C4H5NO4S. The fraction of sp³-hybridized carbons (Fsp3) is 0. The van der Waals surface area contributed by atoms with Gasteiger partial charge in [-0.3, -0.25) is 8.84 Å². The normalized spacial score (nSPS) is 11.3. The van der Waals surface area contributed by atoms with E-state index in [1.165, 1.54) is 12.4 Å². The number of rotatable bonds is 2. The first-order valence-corrected chi connectivity index (χ1v) is 3.75. The number of hydrogen-bond acceptors (Lipinski definition) is 3. The highest BCUT2D eigenvalue weighted by molar-refractivity contribution is 7.81. The van der Waals surface area contributed by atoms with Crippen LogP contribution in [0, 0.1) is 0 Å². The molecule has 56 valence electrons. The molecule has 10 heavy (non-hydrogen) atoms. The van der Waals surface area contributed by atoms with E-state index < -0.39 is 10.4 Å². The maximum atomic E-state index is 10.0. The van der Waals surface area contributed by atoms with Gasteiger partial charge in [-0.1, -0.05) is 0 Å². The van der Waals surface area contributed by atoms with Crippen LogP contribution < -0.4 is 4.28 Å². The van der Waals surface area contributed by atoms with Crippen molar-refractivity contribution in [2.45, 2.75) is 0 Å². The summed E-state index contributed by atoms with van der Waals surface area (Å²) < 4.78 is 33.0. The van der Waals surface area contributed by atoms with Gasteiger partial charge in [0.25, 0.3) is 0 Å². The predicted molar refractivity (Wildman–Crippen MR) is 32.6 cm³/mol. The van der Waals surface area contributed by atoms with Gasteiger partial charge in [-0.2, -0.15) is 13.1 Å². The standard InChI is InChI=1S/C4H5NO4S/c6-10(7,8)9-5-3-1-2-4-5/h1-4H,(H,6,7,8). The highest BCUT2D eigenvalue weighted by atomic mass is 32.3.